The summed E-state index contributed by atoms with van der Waals surface area (Å²) in [5, 5.41) is 21.7. The van der Waals surface area contributed by atoms with Gasteiger partial charge in [0.2, 0.25) is 10.0 Å². The van der Waals surface area contributed by atoms with Gasteiger partial charge in [-0.25, -0.2) is 13.6 Å². The molecule has 0 atom stereocenters. The topological polar surface area (TPSA) is 132 Å². The van der Waals surface area contributed by atoms with Crippen LogP contribution in [0.2, 0.25) is 0 Å². The highest BCUT2D eigenvalue weighted by molar-refractivity contribution is 7.89. The second-order valence-electron chi connectivity index (χ2n) is 3.46. The number of nitro groups is 1. The van der Waals surface area contributed by atoms with Gasteiger partial charge in [-0.1, -0.05) is 12.1 Å². The van der Waals surface area contributed by atoms with Gasteiger partial charge in [0.1, 0.15) is 4.90 Å². The zero-order valence-electron chi connectivity index (χ0n) is 8.90. The van der Waals surface area contributed by atoms with Crippen molar-refractivity contribution < 1.29 is 13.3 Å². The monoisotopic (exact) mass is 268 g/mol. The van der Waals surface area contributed by atoms with Gasteiger partial charge in [-0.3, -0.25) is 15.2 Å². The Balaban J connectivity index is 2.60. The van der Waals surface area contributed by atoms with E-state index in [-0.39, 0.29) is 16.3 Å². The van der Waals surface area contributed by atoms with E-state index in [0.29, 0.717) is 5.56 Å². The van der Waals surface area contributed by atoms with E-state index in [2.05, 4.69) is 10.2 Å². The summed E-state index contributed by atoms with van der Waals surface area (Å²) < 4.78 is 22.6. The molecule has 0 aliphatic carbocycles. The highest BCUT2D eigenvalue weighted by Gasteiger charge is 2.18. The summed E-state index contributed by atoms with van der Waals surface area (Å²) in [6.07, 6.45) is 1.06. The molecule has 0 saturated heterocycles. The van der Waals surface area contributed by atoms with Crippen LogP contribution in [0.1, 0.15) is 0 Å². The minimum absolute atomic E-state index is 0.126. The average molecular weight is 268 g/mol. The molecule has 3 N–H and O–H groups in total. The molecule has 0 fully saturated rings. The molecule has 0 aliphatic heterocycles. The molecule has 8 nitrogen and oxygen atoms in total. The number of hydrogen-bond donors (Lipinski definition) is 2. The van der Waals surface area contributed by atoms with Crippen LogP contribution in [-0.2, 0) is 10.0 Å². The van der Waals surface area contributed by atoms with Crippen LogP contribution in [0.5, 0.6) is 0 Å². The number of non-ortho nitro benzene ring substituents is 1. The molecule has 0 bridgehead atoms. The quantitative estimate of drug-likeness (QED) is 0.622. The summed E-state index contributed by atoms with van der Waals surface area (Å²) in [5.74, 6) is 0. The van der Waals surface area contributed by atoms with Crippen LogP contribution >= 0.6 is 0 Å². The van der Waals surface area contributed by atoms with E-state index in [1.54, 1.807) is 0 Å². The number of hydrogen-bond acceptors (Lipinski definition) is 5. The lowest BCUT2D eigenvalue weighted by atomic mass is 10.1. The van der Waals surface area contributed by atoms with Gasteiger partial charge in [-0.15, -0.1) is 0 Å². The molecular weight excluding hydrogens is 260 g/mol. The fourth-order valence-corrected chi connectivity index (χ4v) is 2.12. The Labute approximate surface area is 102 Å². The van der Waals surface area contributed by atoms with E-state index < -0.39 is 14.9 Å². The van der Waals surface area contributed by atoms with Crippen molar-refractivity contribution >= 4 is 15.7 Å². The maximum Gasteiger partial charge on any atom is 0.270 e. The zero-order chi connectivity index (χ0) is 13.3. The van der Waals surface area contributed by atoms with E-state index in [1.807, 2.05) is 0 Å². The number of sulfonamides is 1. The van der Waals surface area contributed by atoms with Crippen molar-refractivity contribution in [3.05, 3.63) is 40.6 Å². The number of rotatable bonds is 3. The summed E-state index contributed by atoms with van der Waals surface area (Å²) >= 11 is 0. The van der Waals surface area contributed by atoms with Gasteiger partial charge in [0.25, 0.3) is 5.69 Å². The van der Waals surface area contributed by atoms with Gasteiger partial charge in [0, 0.05) is 17.7 Å². The maximum atomic E-state index is 11.3. The van der Waals surface area contributed by atoms with Crippen molar-refractivity contribution in [2.75, 3.05) is 0 Å². The number of nitrogens with one attached hydrogen (secondary N) is 1. The van der Waals surface area contributed by atoms with Crippen LogP contribution in [0, 0.1) is 10.1 Å². The molecule has 1 aromatic carbocycles. The molecule has 18 heavy (non-hydrogen) atoms. The van der Waals surface area contributed by atoms with E-state index >= 15 is 0 Å². The smallest absolute Gasteiger partial charge is 0.270 e. The van der Waals surface area contributed by atoms with Gasteiger partial charge in [-0.2, -0.15) is 5.10 Å². The summed E-state index contributed by atoms with van der Waals surface area (Å²) in [6.45, 7) is 0. The minimum Gasteiger partial charge on any atom is -0.276 e. The van der Waals surface area contributed by atoms with Gasteiger partial charge in [0.05, 0.1) is 16.8 Å². The third kappa shape index (κ3) is 2.21. The lowest BCUT2D eigenvalue weighted by Gasteiger charge is -2.01. The van der Waals surface area contributed by atoms with Crippen LogP contribution in [0.3, 0.4) is 0 Å². The summed E-state index contributed by atoms with van der Waals surface area (Å²) in [7, 11) is -3.93. The van der Waals surface area contributed by atoms with Gasteiger partial charge in [0.15, 0.2) is 0 Å². The lowest BCUT2D eigenvalue weighted by Crippen LogP contribution is -2.12. The van der Waals surface area contributed by atoms with Crippen molar-refractivity contribution in [2.45, 2.75) is 4.90 Å². The number of H-pyrrole nitrogens is 1. The van der Waals surface area contributed by atoms with Crippen molar-refractivity contribution in [1.29, 1.82) is 0 Å². The average Bonchev–Trinajstić information content (AvgIpc) is 2.77. The second kappa shape index (κ2) is 4.20. The fraction of sp³-hybridized carbons (Fsp3) is 0. The molecule has 2 rings (SSSR count). The first-order chi connectivity index (χ1) is 8.39. The number of aromatic nitrogens is 2. The Morgan fingerprint density at radius 3 is 2.72 bits per heavy atom. The van der Waals surface area contributed by atoms with Crippen LogP contribution in [0.15, 0.2) is 35.4 Å². The fourth-order valence-electron chi connectivity index (χ4n) is 1.47. The SMILES string of the molecule is NS(=O)(=O)c1cn[nH]c1-c1cccc([N+](=O)[O-])c1. The van der Waals surface area contributed by atoms with Gasteiger partial charge >= 0.3 is 0 Å². The Hall–Kier alpha value is -2.26. The van der Waals surface area contributed by atoms with Crippen molar-refractivity contribution in [3.8, 4) is 11.3 Å². The third-order valence-corrected chi connectivity index (χ3v) is 3.18. The molecule has 0 unspecified atom stereocenters. The molecule has 1 heterocycles. The van der Waals surface area contributed by atoms with Crippen molar-refractivity contribution in [3.63, 3.8) is 0 Å². The molecule has 94 valence electrons. The largest absolute Gasteiger partial charge is 0.276 e. The summed E-state index contributed by atoms with van der Waals surface area (Å²) in [4.78, 5) is 9.86. The van der Waals surface area contributed by atoms with E-state index in [9.17, 15) is 18.5 Å². The number of nitro benzene ring substituents is 1. The third-order valence-electron chi connectivity index (χ3n) is 2.26. The van der Waals surface area contributed by atoms with E-state index in [0.717, 1.165) is 6.20 Å². The summed E-state index contributed by atoms with van der Waals surface area (Å²) in [6, 6.07) is 5.51. The zero-order valence-corrected chi connectivity index (χ0v) is 9.72. The van der Waals surface area contributed by atoms with Gasteiger partial charge in [-0.05, 0) is 0 Å². The first-order valence-corrected chi connectivity index (χ1v) is 6.25. The Kier molecular flexibility index (Phi) is 2.85. The Morgan fingerprint density at radius 1 is 1.39 bits per heavy atom. The molecule has 2 aromatic rings. The van der Waals surface area contributed by atoms with Crippen LogP contribution in [0.25, 0.3) is 11.3 Å². The van der Waals surface area contributed by atoms with Crippen molar-refractivity contribution in [1.82, 2.24) is 10.2 Å². The molecular formula is C9H8N4O4S. The number of nitrogens with two attached hydrogens (primary N) is 1. The first kappa shape index (κ1) is 12.2. The predicted molar refractivity (Wildman–Crippen MR) is 62.1 cm³/mol. The number of aromatic amines is 1. The Bertz CT molecular complexity index is 707. The Morgan fingerprint density at radius 2 is 2.11 bits per heavy atom. The molecule has 0 radical (unpaired) electrons. The summed E-state index contributed by atoms with van der Waals surface area (Å²) in [5.41, 5.74) is 0.300. The molecule has 0 amide bonds. The highest BCUT2D eigenvalue weighted by Crippen LogP contribution is 2.26. The molecule has 0 spiro atoms. The molecule has 1 aromatic heterocycles. The highest BCUT2D eigenvalue weighted by atomic mass is 32.2. The number of nitrogens with zero attached hydrogens (tertiary/aromatic N) is 2. The molecule has 0 aliphatic rings. The number of benzene rings is 1. The van der Waals surface area contributed by atoms with E-state index in [1.165, 1.54) is 24.3 Å². The first-order valence-electron chi connectivity index (χ1n) is 4.70. The van der Waals surface area contributed by atoms with Crippen LogP contribution in [-0.4, -0.2) is 23.5 Å². The molecule has 9 heteroatoms. The lowest BCUT2D eigenvalue weighted by molar-refractivity contribution is -0.384. The van der Waals surface area contributed by atoms with Crippen molar-refractivity contribution in [2.24, 2.45) is 5.14 Å². The van der Waals surface area contributed by atoms with Crippen LogP contribution in [0.4, 0.5) is 5.69 Å². The normalized spacial score (nSPS) is 11.4. The van der Waals surface area contributed by atoms with Crippen LogP contribution < -0.4 is 5.14 Å². The van der Waals surface area contributed by atoms with E-state index in [4.69, 9.17) is 5.14 Å². The standard InChI is InChI=1S/C9H8N4O4S/c10-18(16,17)8-5-11-12-9(8)6-2-1-3-7(4-6)13(14)15/h1-5H,(H,11,12)(H2,10,16,17). The molecule has 0 saturated carbocycles. The maximum absolute atomic E-state index is 11.3. The number of primary sulfonamides is 1. The van der Waals surface area contributed by atoms with Gasteiger partial charge < -0.3 is 0 Å². The minimum atomic E-state index is -3.93. The predicted octanol–water partition coefficient (Wildman–Crippen LogP) is 0.632. The second-order valence-corrected chi connectivity index (χ2v) is 4.99.